The van der Waals surface area contributed by atoms with E-state index in [1.807, 2.05) is 6.92 Å². The van der Waals surface area contributed by atoms with E-state index in [0.717, 1.165) is 6.42 Å². The monoisotopic (exact) mass is 258 g/mol. The Kier molecular flexibility index (Phi) is 6.68. The van der Waals surface area contributed by atoms with Crippen molar-refractivity contribution in [2.24, 2.45) is 17.1 Å². The van der Waals surface area contributed by atoms with Crippen molar-refractivity contribution >= 4 is 23.1 Å². The lowest BCUT2D eigenvalue weighted by molar-refractivity contribution is -0.131. The lowest BCUT2D eigenvalue weighted by Gasteiger charge is -2.26. The fraction of sp³-hybridized carbons (Fsp3) is 0.846. The van der Waals surface area contributed by atoms with E-state index in [1.54, 1.807) is 4.90 Å². The topological polar surface area (TPSA) is 46.3 Å². The molecule has 0 heterocycles. The molecule has 0 aliphatic heterocycles. The standard InChI is InChI=1S/C13H26N2OS/c1-6-15(9-11(14)17)12(16)7-10(2)8-13(3,4)5/h10H,6-9H2,1-5H3,(H2,14,17). The fourth-order valence-electron chi connectivity index (χ4n) is 2.11. The van der Waals surface area contributed by atoms with Gasteiger partial charge in [0.05, 0.1) is 11.5 Å². The molecule has 0 bridgehead atoms. The van der Waals surface area contributed by atoms with Gasteiger partial charge in [0.25, 0.3) is 0 Å². The van der Waals surface area contributed by atoms with Crippen LogP contribution in [0.2, 0.25) is 0 Å². The molecule has 1 unspecified atom stereocenters. The summed E-state index contributed by atoms with van der Waals surface area (Å²) in [5, 5.41) is 0. The molecule has 0 aromatic carbocycles. The van der Waals surface area contributed by atoms with Crippen molar-refractivity contribution in [2.75, 3.05) is 13.1 Å². The van der Waals surface area contributed by atoms with Crippen LogP contribution in [0.5, 0.6) is 0 Å². The summed E-state index contributed by atoms with van der Waals surface area (Å²) in [6.45, 7) is 11.7. The molecule has 0 aliphatic rings. The highest BCUT2D eigenvalue weighted by Crippen LogP contribution is 2.26. The molecule has 0 fully saturated rings. The largest absolute Gasteiger partial charge is 0.392 e. The molecule has 2 N–H and O–H groups in total. The molecule has 1 atom stereocenters. The van der Waals surface area contributed by atoms with E-state index >= 15 is 0 Å². The molecule has 0 saturated carbocycles. The lowest BCUT2D eigenvalue weighted by atomic mass is 9.84. The second-order valence-corrected chi connectivity index (χ2v) is 6.47. The molecule has 0 aromatic rings. The predicted molar refractivity (Wildman–Crippen MR) is 76.9 cm³/mol. The van der Waals surface area contributed by atoms with Gasteiger partial charge in [-0.15, -0.1) is 0 Å². The summed E-state index contributed by atoms with van der Waals surface area (Å²) in [4.78, 5) is 14.1. The minimum absolute atomic E-state index is 0.150. The van der Waals surface area contributed by atoms with Crippen molar-refractivity contribution in [3.05, 3.63) is 0 Å². The Balaban J connectivity index is 4.26. The summed E-state index contributed by atoms with van der Waals surface area (Å²) in [6.07, 6.45) is 1.62. The van der Waals surface area contributed by atoms with Gasteiger partial charge in [-0.25, -0.2) is 0 Å². The summed E-state index contributed by atoms with van der Waals surface area (Å²) in [5.41, 5.74) is 5.74. The third kappa shape index (κ3) is 8.13. The molecule has 0 aromatic heterocycles. The zero-order chi connectivity index (χ0) is 13.6. The molecule has 0 radical (unpaired) electrons. The molecule has 100 valence electrons. The van der Waals surface area contributed by atoms with Gasteiger partial charge in [0.2, 0.25) is 5.91 Å². The fourth-order valence-corrected chi connectivity index (χ4v) is 2.27. The van der Waals surface area contributed by atoms with Gasteiger partial charge >= 0.3 is 0 Å². The first-order valence-electron chi connectivity index (χ1n) is 6.21. The maximum atomic E-state index is 12.0. The highest BCUT2D eigenvalue weighted by molar-refractivity contribution is 7.80. The van der Waals surface area contributed by atoms with Crippen LogP contribution < -0.4 is 5.73 Å². The van der Waals surface area contributed by atoms with E-state index in [4.69, 9.17) is 18.0 Å². The number of hydrogen-bond acceptors (Lipinski definition) is 2. The van der Waals surface area contributed by atoms with Crippen LogP contribution in [-0.4, -0.2) is 28.9 Å². The molecule has 0 rings (SSSR count). The quantitative estimate of drug-likeness (QED) is 0.745. The van der Waals surface area contributed by atoms with Gasteiger partial charge < -0.3 is 10.6 Å². The average Bonchev–Trinajstić information content (AvgIpc) is 2.10. The molecular formula is C13H26N2OS. The van der Waals surface area contributed by atoms with Crippen LogP contribution in [0.25, 0.3) is 0 Å². The van der Waals surface area contributed by atoms with Crippen molar-refractivity contribution in [3.63, 3.8) is 0 Å². The highest BCUT2D eigenvalue weighted by atomic mass is 32.1. The molecule has 0 saturated heterocycles. The molecule has 0 aliphatic carbocycles. The number of carbonyl (C=O) groups excluding carboxylic acids is 1. The van der Waals surface area contributed by atoms with Crippen LogP contribution in [0.1, 0.15) is 47.5 Å². The Bertz CT molecular complexity index is 271. The van der Waals surface area contributed by atoms with Gasteiger partial charge in [-0.3, -0.25) is 4.79 Å². The van der Waals surface area contributed by atoms with Crippen molar-refractivity contribution < 1.29 is 4.79 Å². The Morgan fingerprint density at radius 1 is 1.41 bits per heavy atom. The van der Waals surface area contributed by atoms with Gasteiger partial charge in [-0.1, -0.05) is 39.9 Å². The molecule has 17 heavy (non-hydrogen) atoms. The second-order valence-electron chi connectivity index (χ2n) is 5.95. The van der Waals surface area contributed by atoms with Crippen molar-refractivity contribution in [1.29, 1.82) is 0 Å². The van der Waals surface area contributed by atoms with Gasteiger partial charge in [-0.2, -0.15) is 0 Å². The lowest BCUT2D eigenvalue weighted by Crippen LogP contribution is -2.38. The second kappa shape index (κ2) is 6.94. The van der Waals surface area contributed by atoms with E-state index in [2.05, 4.69) is 27.7 Å². The minimum atomic E-state index is 0.150. The zero-order valence-electron chi connectivity index (χ0n) is 11.7. The Labute approximate surface area is 111 Å². The molecular weight excluding hydrogens is 232 g/mol. The van der Waals surface area contributed by atoms with Crippen LogP contribution in [0.3, 0.4) is 0 Å². The predicted octanol–water partition coefficient (Wildman–Crippen LogP) is 2.58. The van der Waals surface area contributed by atoms with Crippen LogP contribution >= 0.6 is 12.2 Å². The van der Waals surface area contributed by atoms with Gasteiger partial charge in [0.1, 0.15) is 0 Å². The van der Waals surface area contributed by atoms with E-state index in [1.165, 1.54) is 0 Å². The zero-order valence-corrected chi connectivity index (χ0v) is 12.6. The minimum Gasteiger partial charge on any atom is -0.392 e. The number of amides is 1. The first kappa shape index (κ1) is 16.4. The Morgan fingerprint density at radius 2 is 1.94 bits per heavy atom. The third-order valence-electron chi connectivity index (χ3n) is 2.57. The maximum absolute atomic E-state index is 12.0. The van der Waals surface area contributed by atoms with Crippen LogP contribution in [-0.2, 0) is 4.79 Å². The molecule has 0 spiro atoms. The number of nitrogens with two attached hydrogens (primary N) is 1. The number of carbonyl (C=O) groups is 1. The summed E-state index contributed by atoms with van der Waals surface area (Å²) >= 11 is 4.84. The Hall–Kier alpha value is -0.640. The molecule has 3 nitrogen and oxygen atoms in total. The summed E-state index contributed by atoms with van der Waals surface area (Å²) in [7, 11) is 0. The van der Waals surface area contributed by atoms with Crippen LogP contribution in [0.15, 0.2) is 0 Å². The summed E-state index contributed by atoms with van der Waals surface area (Å²) in [5.74, 6) is 0.542. The van der Waals surface area contributed by atoms with Crippen molar-refractivity contribution in [2.45, 2.75) is 47.5 Å². The van der Waals surface area contributed by atoms with E-state index in [9.17, 15) is 4.79 Å². The smallest absolute Gasteiger partial charge is 0.223 e. The SMILES string of the molecule is CCN(CC(N)=S)C(=O)CC(C)CC(C)(C)C. The number of nitrogens with zero attached hydrogens (tertiary/aromatic N) is 1. The van der Waals surface area contributed by atoms with Gasteiger partial charge in [-0.05, 0) is 24.7 Å². The number of rotatable bonds is 6. The van der Waals surface area contributed by atoms with Gasteiger partial charge in [0.15, 0.2) is 0 Å². The van der Waals surface area contributed by atoms with E-state index in [0.29, 0.717) is 30.4 Å². The number of hydrogen-bond donors (Lipinski definition) is 1. The normalized spacial score (nSPS) is 13.2. The third-order valence-corrected chi connectivity index (χ3v) is 2.69. The van der Waals surface area contributed by atoms with E-state index < -0.39 is 0 Å². The summed E-state index contributed by atoms with van der Waals surface area (Å²) < 4.78 is 0. The number of thiocarbonyl (C=S) groups is 1. The molecule has 1 amide bonds. The first-order chi connectivity index (χ1) is 7.65. The van der Waals surface area contributed by atoms with Crippen LogP contribution in [0, 0.1) is 11.3 Å². The number of likely N-dealkylation sites (N-methyl/N-ethyl adjacent to an activating group) is 1. The van der Waals surface area contributed by atoms with E-state index in [-0.39, 0.29) is 11.3 Å². The molecule has 4 heteroatoms. The highest BCUT2D eigenvalue weighted by Gasteiger charge is 2.20. The Morgan fingerprint density at radius 3 is 2.29 bits per heavy atom. The van der Waals surface area contributed by atoms with Crippen molar-refractivity contribution in [3.8, 4) is 0 Å². The van der Waals surface area contributed by atoms with Crippen molar-refractivity contribution in [1.82, 2.24) is 4.90 Å². The summed E-state index contributed by atoms with van der Waals surface area (Å²) in [6, 6.07) is 0. The van der Waals surface area contributed by atoms with Crippen LogP contribution in [0.4, 0.5) is 0 Å². The first-order valence-corrected chi connectivity index (χ1v) is 6.62. The average molecular weight is 258 g/mol. The van der Waals surface area contributed by atoms with Gasteiger partial charge in [0, 0.05) is 13.0 Å². The maximum Gasteiger partial charge on any atom is 0.223 e.